The van der Waals surface area contributed by atoms with Crippen molar-refractivity contribution in [2.75, 3.05) is 31.3 Å². The summed E-state index contributed by atoms with van der Waals surface area (Å²) in [6, 6.07) is 13.5. The highest BCUT2D eigenvalue weighted by Gasteiger charge is 2.54. The van der Waals surface area contributed by atoms with Gasteiger partial charge in [-0.05, 0) is 68.6 Å². The first-order chi connectivity index (χ1) is 14.2. The average molecular weight is 388 g/mol. The number of hydrogen-bond donors (Lipinski definition) is 0. The number of pyridine rings is 1. The topological polar surface area (TPSA) is 61.6 Å². The number of fused-ring (bicyclic) bond motifs is 3. The van der Waals surface area contributed by atoms with Gasteiger partial charge in [0.05, 0.1) is 5.56 Å². The van der Waals surface area contributed by atoms with Crippen molar-refractivity contribution in [2.24, 2.45) is 5.92 Å². The van der Waals surface area contributed by atoms with E-state index >= 15 is 0 Å². The zero-order valence-corrected chi connectivity index (χ0v) is 16.5. The van der Waals surface area contributed by atoms with Crippen LogP contribution in [0.1, 0.15) is 35.6 Å². The number of aromatic nitrogens is 1. The van der Waals surface area contributed by atoms with Crippen LogP contribution >= 0.6 is 0 Å². The second-order valence-electron chi connectivity index (χ2n) is 8.66. The summed E-state index contributed by atoms with van der Waals surface area (Å²) < 4.78 is 11.2. The molecule has 5 aliphatic heterocycles. The molecule has 4 saturated heterocycles. The molecule has 148 valence electrons. The molecule has 1 aromatic carbocycles. The molecule has 6 heterocycles. The van der Waals surface area contributed by atoms with E-state index in [0.29, 0.717) is 36.3 Å². The Hall–Kier alpha value is -2.78. The van der Waals surface area contributed by atoms with Gasteiger partial charge in [-0.1, -0.05) is 6.07 Å². The number of piperidine rings is 3. The zero-order chi connectivity index (χ0) is 19.5. The Morgan fingerprint density at radius 1 is 1.07 bits per heavy atom. The van der Waals surface area contributed by atoms with E-state index < -0.39 is 0 Å². The lowest BCUT2D eigenvalue weighted by Gasteiger charge is -2.51. The second-order valence-corrected chi connectivity index (χ2v) is 8.66. The molecule has 0 radical (unpaired) electrons. The van der Waals surface area contributed by atoms with Crippen LogP contribution in [0.5, 0.6) is 11.5 Å². The lowest BCUT2D eigenvalue weighted by atomic mass is 9.75. The number of nitrogens with zero attached hydrogens (tertiary/aromatic N) is 4. The molecule has 6 nitrogen and oxygen atoms in total. The van der Waals surface area contributed by atoms with Crippen LogP contribution in [0.4, 0.5) is 5.82 Å². The van der Waals surface area contributed by atoms with Gasteiger partial charge < -0.3 is 14.4 Å². The SMILES string of the molecule is Cc1ccc(C#N)c(N2C[C@@H](c3ccc4c(c3)OCO4)[C@@H]3[C@H]2C2CCN3CC2)n1. The van der Waals surface area contributed by atoms with Crippen LogP contribution in [0.15, 0.2) is 30.3 Å². The molecule has 29 heavy (non-hydrogen) atoms. The summed E-state index contributed by atoms with van der Waals surface area (Å²) in [6.45, 7) is 5.53. The van der Waals surface area contributed by atoms with Crippen LogP contribution in [-0.4, -0.2) is 48.4 Å². The molecule has 5 aliphatic rings. The lowest BCUT2D eigenvalue weighted by molar-refractivity contribution is 0.0354. The predicted octanol–water partition coefficient (Wildman–Crippen LogP) is 3.06. The monoisotopic (exact) mass is 388 g/mol. The quantitative estimate of drug-likeness (QED) is 0.788. The molecule has 4 fully saturated rings. The van der Waals surface area contributed by atoms with Gasteiger partial charge in [0.2, 0.25) is 6.79 Å². The van der Waals surface area contributed by atoms with E-state index in [0.717, 1.165) is 29.6 Å². The van der Waals surface area contributed by atoms with Gasteiger partial charge in [0.15, 0.2) is 11.5 Å². The normalized spacial score (nSPS) is 31.6. The zero-order valence-electron chi connectivity index (χ0n) is 16.5. The summed E-state index contributed by atoms with van der Waals surface area (Å²) in [5.74, 6) is 3.57. The molecule has 0 aliphatic carbocycles. The van der Waals surface area contributed by atoms with Crippen molar-refractivity contribution in [2.45, 2.75) is 37.8 Å². The third-order valence-corrected chi connectivity index (χ3v) is 7.23. The van der Waals surface area contributed by atoms with Gasteiger partial charge in [-0.25, -0.2) is 4.98 Å². The number of ether oxygens (including phenoxy) is 2. The molecule has 1 aromatic heterocycles. The van der Waals surface area contributed by atoms with E-state index in [4.69, 9.17) is 14.5 Å². The highest BCUT2D eigenvalue weighted by atomic mass is 16.7. The third kappa shape index (κ3) is 2.54. The number of benzene rings is 1. The molecule has 2 aromatic rings. The maximum atomic E-state index is 9.73. The Morgan fingerprint density at radius 3 is 2.72 bits per heavy atom. The van der Waals surface area contributed by atoms with Crippen molar-refractivity contribution in [1.29, 1.82) is 5.26 Å². The van der Waals surface area contributed by atoms with Gasteiger partial charge >= 0.3 is 0 Å². The van der Waals surface area contributed by atoms with E-state index in [1.54, 1.807) is 0 Å². The van der Waals surface area contributed by atoms with E-state index in [1.165, 1.54) is 31.5 Å². The van der Waals surface area contributed by atoms with Crippen LogP contribution in [0.25, 0.3) is 0 Å². The van der Waals surface area contributed by atoms with E-state index in [2.05, 4.69) is 28.0 Å². The van der Waals surface area contributed by atoms with Crippen LogP contribution in [0.2, 0.25) is 0 Å². The number of nitriles is 1. The van der Waals surface area contributed by atoms with Gasteiger partial charge in [-0.3, -0.25) is 4.90 Å². The largest absolute Gasteiger partial charge is 0.454 e. The number of aryl methyl sites for hydroxylation is 1. The highest BCUT2D eigenvalue weighted by molar-refractivity contribution is 5.58. The van der Waals surface area contributed by atoms with Crippen molar-refractivity contribution >= 4 is 5.82 Å². The van der Waals surface area contributed by atoms with Crippen LogP contribution in [-0.2, 0) is 0 Å². The number of anilines is 1. The average Bonchev–Trinajstić information content (AvgIpc) is 3.40. The molecule has 0 N–H and O–H groups in total. The van der Waals surface area contributed by atoms with Crippen molar-refractivity contribution in [3.05, 3.63) is 47.2 Å². The van der Waals surface area contributed by atoms with Crippen molar-refractivity contribution in [3.63, 3.8) is 0 Å². The van der Waals surface area contributed by atoms with Crippen molar-refractivity contribution in [1.82, 2.24) is 9.88 Å². The predicted molar refractivity (Wildman–Crippen MR) is 108 cm³/mol. The first-order valence-corrected chi connectivity index (χ1v) is 10.5. The van der Waals surface area contributed by atoms with Crippen LogP contribution in [0, 0.1) is 24.2 Å². The minimum absolute atomic E-state index is 0.300. The first kappa shape index (κ1) is 17.1. The number of rotatable bonds is 2. The lowest BCUT2D eigenvalue weighted by Crippen LogP contribution is -2.60. The summed E-state index contributed by atoms with van der Waals surface area (Å²) in [5, 5.41) is 9.73. The van der Waals surface area contributed by atoms with Crippen LogP contribution < -0.4 is 14.4 Å². The molecule has 7 rings (SSSR count). The summed E-state index contributed by atoms with van der Waals surface area (Å²) in [6.07, 6.45) is 2.47. The second kappa shape index (κ2) is 6.36. The summed E-state index contributed by atoms with van der Waals surface area (Å²) in [7, 11) is 0. The van der Waals surface area contributed by atoms with E-state index in [1.807, 2.05) is 25.1 Å². The smallest absolute Gasteiger partial charge is 0.231 e. The van der Waals surface area contributed by atoms with Crippen LogP contribution in [0.3, 0.4) is 0 Å². The minimum Gasteiger partial charge on any atom is -0.454 e. The fraction of sp³-hybridized carbons (Fsp3) is 0.478. The van der Waals surface area contributed by atoms with Crippen molar-refractivity contribution in [3.8, 4) is 17.6 Å². The fourth-order valence-electron chi connectivity index (χ4n) is 5.95. The molecule has 0 saturated carbocycles. The fourth-order valence-corrected chi connectivity index (χ4v) is 5.95. The maximum Gasteiger partial charge on any atom is 0.231 e. The Labute approximate surface area is 170 Å². The maximum absolute atomic E-state index is 9.73. The molecule has 0 unspecified atom stereocenters. The summed E-state index contributed by atoms with van der Waals surface area (Å²) in [5.41, 5.74) is 2.94. The Bertz CT molecular complexity index is 1010. The van der Waals surface area contributed by atoms with E-state index in [9.17, 15) is 5.26 Å². The third-order valence-electron chi connectivity index (χ3n) is 7.23. The Kier molecular flexibility index (Phi) is 3.75. The standard InChI is InChI=1S/C23H24N4O2/c1-14-2-3-17(11-24)23(25-14)27-12-18(16-4-5-19-20(10-16)29-13-28-19)22-21(27)15-6-8-26(22)9-7-15/h2-5,10,15,18,21-22H,6-9,12-13H2,1H3/t18-,21+,22+/m0/s1. The summed E-state index contributed by atoms with van der Waals surface area (Å²) >= 11 is 0. The summed E-state index contributed by atoms with van der Waals surface area (Å²) in [4.78, 5) is 9.94. The van der Waals surface area contributed by atoms with Gasteiger partial charge in [0.25, 0.3) is 0 Å². The minimum atomic E-state index is 0.300. The molecule has 2 bridgehead atoms. The number of hydrogen-bond acceptors (Lipinski definition) is 6. The Balaban J connectivity index is 1.45. The Morgan fingerprint density at radius 2 is 1.90 bits per heavy atom. The van der Waals surface area contributed by atoms with Gasteiger partial charge in [0, 0.05) is 30.2 Å². The van der Waals surface area contributed by atoms with Gasteiger partial charge in [-0.15, -0.1) is 0 Å². The van der Waals surface area contributed by atoms with Crippen molar-refractivity contribution < 1.29 is 9.47 Å². The molecule has 3 atom stereocenters. The van der Waals surface area contributed by atoms with Gasteiger partial charge in [0.1, 0.15) is 11.9 Å². The highest BCUT2D eigenvalue weighted by Crippen LogP contribution is 2.49. The van der Waals surface area contributed by atoms with E-state index in [-0.39, 0.29) is 0 Å². The molecular weight excluding hydrogens is 364 g/mol. The first-order valence-electron chi connectivity index (χ1n) is 10.5. The molecule has 0 spiro atoms. The molecule has 0 amide bonds. The van der Waals surface area contributed by atoms with Gasteiger partial charge in [-0.2, -0.15) is 5.26 Å². The molecule has 6 heteroatoms. The molecular formula is C23H24N4O2.